The van der Waals surface area contributed by atoms with Gasteiger partial charge in [0.1, 0.15) is 0 Å². The molecule has 0 N–H and O–H groups in total. The van der Waals surface area contributed by atoms with Gasteiger partial charge in [0.25, 0.3) is 0 Å². The fourth-order valence-corrected chi connectivity index (χ4v) is 0. The molecule has 0 bridgehead atoms. The lowest BCUT2D eigenvalue weighted by atomic mass is 9.88. The zero-order valence-corrected chi connectivity index (χ0v) is 5.86. The fourth-order valence-electron chi connectivity index (χ4n) is 0. The van der Waals surface area contributed by atoms with Crippen LogP contribution in [0.25, 0.3) is 0 Å². The van der Waals surface area contributed by atoms with Crippen LogP contribution < -0.4 is 0 Å². The van der Waals surface area contributed by atoms with Crippen LogP contribution in [0, 0.1) is 0 Å². The molecule has 2 heteroatoms. The van der Waals surface area contributed by atoms with E-state index in [2.05, 4.69) is 15.7 Å². The smallest absolute Gasteiger partial charge is 0.0534 e. The Morgan fingerprint density at radius 1 is 0.857 bits per heavy atom. The molecular formula is C5H14B2. The quantitative estimate of drug-likeness (QED) is 0.403. The molecule has 0 fully saturated rings. The Balaban J connectivity index is -0.0000000360. The highest BCUT2D eigenvalue weighted by Crippen LogP contribution is 1.36. The van der Waals surface area contributed by atoms with E-state index in [1.807, 2.05) is 27.7 Å². The first-order valence-corrected chi connectivity index (χ1v) is 2.82. The summed E-state index contributed by atoms with van der Waals surface area (Å²) in [6, 6.07) is 0. The third kappa shape index (κ3) is 6200. The standard InChI is InChI=1S/2C2H6.CH2B2/c2*1-2;2-1-3/h2*1-2H3;1H2. The highest BCUT2D eigenvalue weighted by atomic mass is 13.0. The molecule has 0 aromatic rings. The molecule has 0 heterocycles. The number of hydrogen-bond donors (Lipinski definition) is 0. The lowest BCUT2D eigenvalue weighted by Gasteiger charge is -1.45. The number of hydrogen-bond acceptors (Lipinski definition) is 0. The molecule has 0 aliphatic carbocycles. The molecule has 0 aromatic heterocycles. The first-order chi connectivity index (χ1) is 3.41. The van der Waals surface area contributed by atoms with Crippen LogP contribution in [-0.2, 0) is 0 Å². The maximum atomic E-state index is 4.62. The maximum absolute atomic E-state index is 4.62. The second kappa shape index (κ2) is 126. The molecule has 0 aromatic carbocycles. The third-order valence-corrected chi connectivity index (χ3v) is 0. The molecular weight excluding hydrogens is 81.7 g/mol. The van der Waals surface area contributed by atoms with Gasteiger partial charge in [0, 0.05) is 0 Å². The van der Waals surface area contributed by atoms with E-state index in [1.165, 1.54) is 0 Å². The Morgan fingerprint density at radius 2 is 0.857 bits per heavy atom. The summed E-state index contributed by atoms with van der Waals surface area (Å²) in [5.41, 5.74) is 0. The summed E-state index contributed by atoms with van der Waals surface area (Å²) >= 11 is 0. The minimum Gasteiger partial charge on any atom is -0.121 e. The zero-order valence-electron chi connectivity index (χ0n) is 5.86. The van der Waals surface area contributed by atoms with Gasteiger partial charge in [-0.2, -0.15) is 0 Å². The van der Waals surface area contributed by atoms with Crippen LogP contribution in [0.5, 0.6) is 0 Å². The Labute approximate surface area is 50.5 Å². The van der Waals surface area contributed by atoms with E-state index in [0.717, 1.165) is 0 Å². The topological polar surface area (TPSA) is 0 Å². The minimum atomic E-state index is 0.250. The van der Waals surface area contributed by atoms with Gasteiger partial charge in [0.05, 0.1) is 15.7 Å². The minimum absolute atomic E-state index is 0.250. The van der Waals surface area contributed by atoms with Crippen LogP contribution in [-0.4, -0.2) is 15.7 Å². The van der Waals surface area contributed by atoms with Crippen LogP contribution in [0.15, 0.2) is 0 Å². The molecule has 40 valence electrons. The van der Waals surface area contributed by atoms with Gasteiger partial charge >= 0.3 is 0 Å². The van der Waals surface area contributed by atoms with Crippen molar-refractivity contribution < 1.29 is 0 Å². The van der Waals surface area contributed by atoms with Gasteiger partial charge in [-0.05, 0) is 0 Å². The van der Waals surface area contributed by atoms with Gasteiger partial charge in [0.2, 0.25) is 0 Å². The van der Waals surface area contributed by atoms with E-state index in [1.54, 1.807) is 0 Å². The first kappa shape index (κ1) is 15.7. The van der Waals surface area contributed by atoms with E-state index in [4.69, 9.17) is 0 Å². The van der Waals surface area contributed by atoms with Crippen molar-refractivity contribution in [3.05, 3.63) is 0 Å². The van der Waals surface area contributed by atoms with Gasteiger partial charge in [-0.3, -0.25) is 0 Å². The zero-order chi connectivity index (χ0) is 6.71. The van der Waals surface area contributed by atoms with E-state index in [0.29, 0.717) is 0 Å². The van der Waals surface area contributed by atoms with Gasteiger partial charge in [-0.1, -0.05) is 27.7 Å². The lowest BCUT2D eigenvalue weighted by Crippen LogP contribution is -1.53. The molecule has 0 saturated heterocycles. The summed E-state index contributed by atoms with van der Waals surface area (Å²) < 4.78 is 0. The molecule has 0 rings (SSSR count). The lowest BCUT2D eigenvalue weighted by molar-refractivity contribution is 1.50. The molecule has 0 spiro atoms. The summed E-state index contributed by atoms with van der Waals surface area (Å²) in [7, 11) is 9.25. The summed E-state index contributed by atoms with van der Waals surface area (Å²) in [4.78, 5) is 0. The van der Waals surface area contributed by atoms with Crippen LogP contribution in [0.2, 0.25) is 6.22 Å². The predicted molar refractivity (Wildman–Crippen MR) is 39.0 cm³/mol. The summed E-state index contributed by atoms with van der Waals surface area (Å²) in [6.45, 7) is 8.00. The van der Waals surface area contributed by atoms with Crippen molar-refractivity contribution in [2.45, 2.75) is 33.9 Å². The largest absolute Gasteiger partial charge is 0.121 e. The normalized spacial score (nSPS) is 4.00. The Bertz CT molecular complexity index is 6.04. The van der Waals surface area contributed by atoms with E-state index < -0.39 is 0 Å². The summed E-state index contributed by atoms with van der Waals surface area (Å²) in [5.74, 6) is 0. The average Bonchev–Trinajstić information content (AvgIpc) is 1.78. The highest BCUT2D eigenvalue weighted by Gasteiger charge is 1.38. The van der Waals surface area contributed by atoms with Crippen molar-refractivity contribution in [3.63, 3.8) is 0 Å². The van der Waals surface area contributed by atoms with Gasteiger partial charge in [0.15, 0.2) is 0 Å². The van der Waals surface area contributed by atoms with Gasteiger partial charge < -0.3 is 0 Å². The molecule has 0 unspecified atom stereocenters. The fraction of sp³-hybridized carbons (Fsp3) is 1.00. The first-order valence-electron chi connectivity index (χ1n) is 2.82. The van der Waals surface area contributed by atoms with Crippen molar-refractivity contribution in [2.75, 3.05) is 0 Å². The molecule has 0 aliphatic heterocycles. The third-order valence-electron chi connectivity index (χ3n) is 0. The van der Waals surface area contributed by atoms with Crippen molar-refractivity contribution in [1.29, 1.82) is 0 Å². The molecule has 0 atom stereocenters. The predicted octanol–water partition coefficient (Wildman–Crippen LogP) is 1.75. The molecule has 0 aliphatic rings. The molecule has 0 amide bonds. The Morgan fingerprint density at radius 3 is 0.857 bits per heavy atom. The van der Waals surface area contributed by atoms with Crippen LogP contribution in [0.4, 0.5) is 0 Å². The van der Waals surface area contributed by atoms with Crippen molar-refractivity contribution >= 4 is 15.7 Å². The van der Waals surface area contributed by atoms with E-state index >= 15 is 0 Å². The van der Waals surface area contributed by atoms with Crippen molar-refractivity contribution in [3.8, 4) is 0 Å². The van der Waals surface area contributed by atoms with E-state index in [-0.39, 0.29) is 6.22 Å². The van der Waals surface area contributed by atoms with Gasteiger partial charge in [-0.15, -0.1) is 6.22 Å². The monoisotopic (exact) mass is 96.1 g/mol. The molecule has 0 nitrogen and oxygen atoms in total. The molecule has 4 radical (unpaired) electrons. The summed E-state index contributed by atoms with van der Waals surface area (Å²) in [5, 5.41) is 0. The molecule has 7 heavy (non-hydrogen) atoms. The maximum Gasteiger partial charge on any atom is 0.0534 e. The second-order valence-corrected chi connectivity index (χ2v) is 0.236. The average molecular weight is 95.8 g/mol. The summed E-state index contributed by atoms with van der Waals surface area (Å²) in [6.07, 6.45) is 0.250. The SMILES string of the molecule is CC.CC.[B]C[B]. The van der Waals surface area contributed by atoms with Crippen LogP contribution >= 0.6 is 0 Å². The molecule has 0 saturated carbocycles. The van der Waals surface area contributed by atoms with E-state index in [9.17, 15) is 0 Å². The number of rotatable bonds is 0. The second-order valence-electron chi connectivity index (χ2n) is 0.236. The highest BCUT2D eigenvalue weighted by molar-refractivity contribution is 6.31. The van der Waals surface area contributed by atoms with Crippen molar-refractivity contribution in [1.82, 2.24) is 0 Å². The van der Waals surface area contributed by atoms with Crippen molar-refractivity contribution in [2.24, 2.45) is 0 Å². The van der Waals surface area contributed by atoms with Crippen LogP contribution in [0.3, 0.4) is 0 Å². The Kier molecular flexibility index (Phi) is 284. The van der Waals surface area contributed by atoms with Gasteiger partial charge in [-0.25, -0.2) is 0 Å². The Hall–Kier alpha value is 0.130. The van der Waals surface area contributed by atoms with Crippen LogP contribution in [0.1, 0.15) is 27.7 Å².